The fourth-order valence-corrected chi connectivity index (χ4v) is 3.33. The smallest absolute Gasteiger partial charge is 0.264 e. The van der Waals surface area contributed by atoms with Gasteiger partial charge in [-0.05, 0) is 54.6 Å². The van der Waals surface area contributed by atoms with Gasteiger partial charge in [-0.1, -0.05) is 35.4 Å². The Morgan fingerprint density at radius 3 is 2.70 bits per heavy atom. The molecule has 0 spiro atoms. The number of nitrogens with zero attached hydrogens (tertiary/aromatic N) is 1. The Kier molecular flexibility index (Phi) is 5.83. The Morgan fingerprint density at radius 1 is 1.30 bits per heavy atom. The molecule has 0 aliphatic carbocycles. The number of aryl methyl sites for hydroxylation is 1. The third-order valence-corrected chi connectivity index (χ3v) is 4.74. The minimum absolute atomic E-state index is 0.226. The molecule has 27 heavy (non-hydrogen) atoms. The van der Waals surface area contributed by atoms with Crippen LogP contribution in [-0.4, -0.2) is 23.6 Å². The van der Waals surface area contributed by atoms with E-state index in [2.05, 4.69) is 10.3 Å². The Balaban J connectivity index is 1.75. The molecule has 0 aromatic heterocycles. The van der Waals surface area contributed by atoms with E-state index in [0.29, 0.717) is 20.8 Å². The van der Waals surface area contributed by atoms with Crippen LogP contribution < -0.4 is 15.8 Å². The summed E-state index contributed by atoms with van der Waals surface area (Å²) in [6.45, 7) is 1.75. The molecule has 0 saturated carbocycles. The number of rotatable bonds is 5. The molecule has 0 radical (unpaired) electrons. The number of ether oxygens (including phenoxy) is 1. The standard InChI is InChI=1S/C19H16ClN3O3S/c1-11-2-5-13(6-3-11)22-19-23-18(25)16(27-19)9-12-4-7-15(14(20)8-12)26-10-17(21)24/h2-9H,10H2,1H3,(H2,21,24)(H,22,23,25). The van der Waals surface area contributed by atoms with Gasteiger partial charge in [0, 0.05) is 0 Å². The summed E-state index contributed by atoms with van der Waals surface area (Å²) in [7, 11) is 0. The maximum absolute atomic E-state index is 12.2. The summed E-state index contributed by atoms with van der Waals surface area (Å²) in [6.07, 6.45) is 1.71. The van der Waals surface area contributed by atoms with Gasteiger partial charge in [-0.3, -0.25) is 9.59 Å². The van der Waals surface area contributed by atoms with Crippen LogP contribution in [0.2, 0.25) is 5.02 Å². The summed E-state index contributed by atoms with van der Waals surface area (Å²) in [5.74, 6) is -0.463. The van der Waals surface area contributed by atoms with E-state index in [4.69, 9.17) is 22.1 Å². The molecule has 1 aliphatic heterocycles. The predicted molar refractivity (Wildman–Crippen MR) is 108 cm³/mol. The lowest BCUT2D eigenvalue weighted by atomic mass is 10.2. The van der Waals surface area contributed by atoms with Crippen molar-refractivity contribution in [1.29, 1.82) is 0 Å². The summed E-state index contributed by atoms with van der Waals surface area (Å²) in [4.78, 5) is 27.9. The van der Waals surface area contributed by atoms with E-state index in [1.165, 1.54) is 11.8 Å². The van der Waals surface area contributed by atoms with Crippen molar-refractivity contribution >= 4 is 52.1 Å². The summed E-state index contributed by atoms with van der Waals surface area (Å²) in [6, 6.07) is 12.7. The molecule has 2 amide bonds. The zero-order chi connectivity index (χ0) is 19.4. The molecule has 1 heterocycles. The van der Waals surface area contributed by atoms with Crippen molar-refractivity contribution in [3.8, 4) is 5.75 Å². The van der Waals surface area contributed by atoms with Crippen molar-refractivity contribution in [1.82, 2.24) is 5.32 Å². The number of carbonyl (C=O) groups excluding carboxylic acids is 2. The van der Waals surface area contributed by atoms with Gasteiger partial charge in [0.1, 0.15) is 5.75 Å². The van der Waals surface area contributed by atoms with Crippen molar-refractivity contribution in [3.05, 3.63) is 63.5 Å². The number of amidine groups is 1. The predicted octanol–water partition coefficient (Wildman–Crippen LogP) is 3.40. The Labute approximate surface area is 165 Å². The molecule has 1 saturated heterocycles. The van der Waals surface area contributed by atoms with Crippen LogP contribution in [0, 0.1) is 6.92 Å². The summed E-state index contributed by atoms with van der Waals surface area (Å²) in [5.41, 5.74) is 7.68. The molecule has 2 aromatic rings. The molecule has 6 nitrogen and oxygen atoms in total. The molecule has 138 valence electrons. The topological polar surface area (TPSA) is 93.8 Å². The SMILES string of the molecule is Cc1ccc(N=C2NC(=O)C(=Cc3ccc(OCC(N)=O)c(Cl)c3)S2)cc1. The van der Waals surface area contributed by atoms with E-state index in [1.54, 1.807) is 24.3 Å². The van der Waals surface area contributed by atoms with Gasteiger partial charge in [0.25, 0.3) is 11.8 Å². The van der Waals surface area contributed by atoms with Crippen LogP contribution in [0.5, 0.6) is 5.75 Å². The van der Waals surface area contributed by atoms with Gasteiger partial charge in [-0.2, -0.15) is 0 Å². The first kappa shape index (κ1) is 19.0. The molecule has 8 heteroatoms. The van der Waals surface area contributed by atoms with Crippen LogP contribution >= 0.6 is 23.4 Å². The number of nitrogens with one attached hydrogen (secondary N) is 1. The monoisotopic (exact) mass is 401 g/mol. The lowest BCUT2D eigenvalue weighted by molar-refractivity contribution is -0.120. The number of primary amides is 1. The van der Waals surface area contributed by atoms with E-state index < -0.39 is 5.91 Å². The van der Waals surface area contributed by atoms with Crippen LogP contribution in [0.25, 0.3) is 6.08 Å². The Morgan fingerprint density at radius 2 is 2.04 bits per heavy atom. The first-order valence-corrected chi connectivity index (χ1v) is 9.17. The van der Waals surface area contributed by atoms with E-state index in [-0.39, 0.29) is 12.5 Å². The normalized spacial score (nSPS) is 16.6. The van der Waals surface area contributed by atoms with Crippen LogP contribution in [0.3, 0.4) is 0 Å². The van der Waals surface area contributed by atoms with E-state index in [1.807, 2.05) is 31.2 Å². The zero-order valence-corrected chi connectivity index (χ0v) is 15.9. The molecule has 1 fully saturated rings. The zero-order valence-electron chi connectivity index (χ0n) is 14.4. The summed E-state index contributed by atoms with van der Waals surface area (Å²) < 4.78 is 5.21. The second kappa shape index (κ2) is 8.28. The van der Waals surface area contributed by atoms with Gasteiger partial charge >= 0.3 is 0 Å². The Bertz CT molecular complexity index is 955. The van der Waals surface area contributed by atoms with Crippen LogP contribution in [0.15, 0.2) is 52.4 Å². The van der Waals surface area contributed by atoms with Gasteiger partial charge in [0.2, 0.25) is 0 Å². The fraction of sp³-hybridized carbons (Fsp3) is 0.105. The first-order valence-electron chi connectivity index (χ1n) is 7.97. The van der Waals surface area contributed by atoms with Crippen molar-refractivity contribution in [3.63, 3.8) is 0 Å². The fourth-order valence-electron chi connectivity index (χ4n) is 2.24. The highest BCUT2D eigenvalue weighted by atomic mass is 35.5. The first-order chi connectivity index (χ1) is 12.9. The summed E-state index contributed by atoms with van der Waals surface area (Å²) in [5, 5.41) is 3.58. The number of nitrogens with two attached hydrogens (primary N) is 1. The lowest BCUT2D eigenvalue weighted by Crippen LogP contribution is -2.20. The number of carbonyl (C=O) groups is 2. The van der Waals surface area contributed by atoms with Crippen molar-refractivity contribution in [2.45, 2.75) is 6.92 Å². The number of hydrogen-bond acceptors (Lipinski definition) is 5. The van der Waals surface area contributed by atoms with E-state index in [9.17, 15) is 9.59 Å². The van der Waals surface area contributed by atoms with Gasteiger partial charge in [-0.25, -0.2) is 4.99 Å². The number of hydrogen-bond donors (Lipinski definition) is 2. The van der Waals surface area contributed by atoms with E-state index >= 15 is 0 Å². The van der Waals surface area contributed by atoms with Gasteiger partial charge < -0.3 is 15.8 Å². The number of thioether (sulfide) groups is 1. The van der Waals surface area contributed by atoms with Crippen molar-refractivity contribution in [2.24, 2.45) is 10.7 Å². The van der Waals surface area contributed by atoms with E-state index in [0.717, 1.165) is 16.8 Å². The molecule has 3 rings (SSSR count). The third kappa shape index (κ3) is 5.12. The minimum Gasteiger partial charge on any atom is -0.482 e. The second-order valence-electron chi connectivity index (χ2n) is 5.76. The van der Waals surface area contributed by atoms with Crippen LogP contribution in [0.4, 0.5) is 5.69 Å². The quantitative estimate of drug-likeness (QED) is 0.751. The Hall–Kier alpha value is -2.77. The molecule has 0 atom stereocenters. The number of benzene rings is 2. The second-order valence-corrected chi connectivity index (χ2v) is 7.20. The maximum atomic E-state index is 12.2. The van der Waals surface area contributed by atoms with Crippen LogP contribution in [-0.2, 0) is 9.59 Å². The molecule has 2 aromatic carbocycles. The number of halogens is 1. The average Bonchev–Trinajstić information content (AvgIpc) is 2.95. The van der Waals surface area contributed by atoms with Gasteiger partial charge in [0.15, 0.2) is 11.8 Å². The third-order valence-electron chi connectivity index (χ3n) is 3.54. The van der Waals surface area contributed by atoms with Crippen LogP contribution in [0.1, 0.15) is 11.1 Å². The van der Waals surface area contributed by atoms with Crippen molar-refractivity contribution in [2.75, 3.05) is 6.61 Å². The lowest BCUT2D eigenvalue weighted by Gasteiger charge is -2.06. The molecular weight excluding hydrogens is 386 g/mol. The molecule has 0 bridgehead atoms. The van der Waals surface area contributed by atoms with Gasteiger partial charge in [-0.15, -0.1) is 0 Å². The highest BCUT2D eigenvalue weighted by Gasteiger charge is 2.23. The average molecular weight is 402 g/mol. The number of aliphatic imine (C=N–C) groups is 1. The largest absolute Gasteiger partial charge is 0.482 e. The molecule has 0 unspecified atom stereocenters. The summed E-state index contributed by atoms with van der Waals surface area (Å²) >= 11 is 7.40. The maximum Gasteiger partial charge on any atom is 0.264 e. The minimum atomic E-state index is -0.586. The highest BCUT2D eigenvalue weighted by Crippen LogP contribution is 2.31. The number of amides is 2. The van der Waals surface area contributed by atoms with Crippen molar-refractivity contribution < 1.29 is 14.3 Å². The van der Waals surface area contributed by atoms with Gasteiger partial charge in [0.05, 0.1) is 15.6 Å². The molecule has 3 N–H and O–H groups in total. The highest BCUT2D eigenvalue weighted by molar-refractivity contribution is 8.18. The molecule has 1 aliphatic rings. The molecular formula is C19H16ClN3O3S.